The number of aromatic nitrogens is 3. The average Bonchev–Trinajstić information content (AvgIpc) is 2.37. The number of hydrogen-bond acceptors (Lipinski definition) is 6. The lowest BCUT2D eigenvalue weighted by molar-refractivity contribution is 0.561. The van der Waals surface area contributed by atoms with Gasteiger partial charge in [-0.25, -0.2) is 13.4 Å². The monoisotopic (exact) mass is 278 g/mol. The molecule has 0 bridgehead atoms. The summed E-state index contributed by atoms with van der Waals surface area (Å²) in [7, 11) is -2.93. The van der Waals surface area contributed by atoms with Gasteiger partial charge in [0.25, 0.3) is 0 Å². The van der Waals surface area contributed by atoms with E-state index in [2.05, 4.69) is 20.5 Å². The van der Waals surface area contributed by atoms with Gasteiger partial charge in [0.1, 0.15) is 5.52 Å². The summed E-state index contributed by atoms with van der Waals surface area (Å²) in [5.41, 5.74) is 1.47. The summed E-state index contributed by atoms with van der Waals surface area (Å²) in [5.74, 6) is 0.811. The molecule has 1 aromatic heterocycles. The van der Waals surface area contributed by atoms with Crippen molar-refractivity contribution in [3.8, 4) is 0 Å². The van der Waals surface area contributed by atoms with Crippen molar-refractivity contribution in [3.63, 3.8) is 0 Å². The van der Waals surface area contributed by atoms with Crippen molar-refractivity contribution in [2.45, 2.75) is 18.9 Å². The number of fused-ring (bicyclic) bond motifs is 1. The minimum atomic E-state index is -2.93. The molecule has 3 rings (SSSR count). The van der Waals surface area contributed by atoms with Crippen molar-refractivity contribution in [1.82, 2.24) is 15.2 Å². The van der Waals surface area contributed by atoms with Crippen LogP contribution in [0.25, 0.3) is 11.0 Å². The highest BCUT2D eigenvalue weighted by atomic mass is 32.2. The Morgan fingerprint density at radius 1 is 1.16 bits per heavy atom. The lowest BCUT2D eigenvalue weighted by Gasteiger charge is -2.22. The number of hydrogen-bond donors (Lipinski definition) is 1. The first-order valence-corrected chi connectivity index (χ1v) is 8.01. The summed E-state index contributed by atoms with van der Waals surface area (Å²) in [6.45, 7) is 0. The van der Waals surface area contributed by atoms with E-state index >= 15 is 0 Å². The maximum Gasteiger partial charge on any atom is 0.243 e. The first kappa shape index (κ1) is 12.3. The van der Waals surface area contributed by atoms with Crippen LogP contribution in [0.2, 0.25) is 0 Å². The number of anilines is 1. The maximum absolute atomic E-state index is 11.6. The van der Waals surface area contributed by atoms with Crippen LogP contribution in [-0.4, -0.2) is 41.1 Å². The molecule has 1 aliphatic heterocycles. The van der Waals surface area contributed by atoms with Gasteiger partial charge in [0.15, 0.2) is 9.84 Å². The van der Waals surface area contributed by atoms with E-state index in [0.29, 0.717) is 12.4 Å². The SMILES string of the molecule is O=S1(=O)CCCC(Nc2nnc3ccccc3n2)C1. The summed E-state index contributed by atoms with van der Waals surface area (Å²) in [6, 6.07) is 7.32. The molecule has 0 spiro atoms. The summed E-state index contributed by atoms with van der Waals surface area (Å²) in [4.78, 5) is 4.34. The van der Waals surface area contributed by atoms with Crippen molar-refractivity contribution in [3.05, 3.63) is 24.3 Å². The van der Waals surface area contributed by atoms with Crippen molar-refractivity contribution in [1.29, 1.82) is 0 Å². The first-order valence-electron chi connectivity index (χ1n) is 6.19. The molecule has 1 atom stereocenters. The first-order chi connectivity index (χ1) is 9.12. The molecular formula is C12H14N4O2S. The molecule has 2 aromatic rings. The van der Waals surface area contributed by atoms with E-state index in [9.17, 15) is 8.42 Å². The third-order valence-electron chi connectivity index (χ3n) is 3.16. The average molecular weight is 278 g/mol. The lowest BCUT2D eigenvalue weighted by atomic mass is 10.2. The van der Waals surface area contributed by atoms with Gasteiger partial charge < -0.3 is 5.32 Å². The molecule has 1 saturated heterocycles. The predicted molar refractivity (Wildman–Crippen MR) is 72.6 cm³/mol. The van der Waals surface area contributed by atoms with Crippen molar-refractivity contribution in [2.75, 3.05) is 16.8 Å². The molecule has 1 unspecified atom stereocenters. The van der Waals surface area contributed by atoms with E-state index in [0.717, 1.165) is 17.5 Å². The Morgan fingerprint density at radius 2 is 1.95 bits per heavy atom. The summed E-state index contributed by atoms with van der Waals surface area (Å²) in [5, 5.41) is 11.1. The number of para-hydroxylation sites is 1. The summed E-state index contributed by atoms with van der Waals surface area (Å²) >= 11 is 0. The second-order valence-corrected chi connectivity index (χ2v) is 6.95. The van der Waals surface area contributed by atoms with Gasteiger partial charge >= 0.3 is 0 Å². The largest absolute Gasteiger partial charge is 0.349 e. The zero-order valence-electron chi connectivity index (χ0n) is 10.3. The minimum absolute atomic E-state index is 0.123. The van der Waals surface area contributed by atoms with Gasteiger partial charge in [-0.05, 0) is 25.0 Å². The van der Waals surface area contributed by atoms with Crippen LogP contribution in [0, 0.1) is 0 Å². The third-order valence-corrected chi connectivity index (χ3v) is 4.98. The minimum Gasteiger partial charge on any atom is -0.349 e. The molecular weight excluding hydrogens is 264 g/mol. The topological polar surface area (TPSA) is 84.8 Å². The van der Waals surface area contributed by atoms with E-state index in [1.165, 1.54) is 0 Å². The van der Waals surface area contributed by atoms with Crippen LogP contribution in [0.3, 0.4) is 0 Å². The van der Waals surface area contributed by atoms with Crippen LogP contribution >= 0.6 is 0 Å². The molecule has 1 fully saturated rings. The van der Waals surface area contributed by atoms with Gasteiger partial charge in [-0.1, -0.05) is 12.1 Å². The maximum atomic E-state index is 11.6. The molecule has 6 nitrogen and oxygen atoms in total. The number of nitrogens with one attached hydrogen (secondary N) is 1. The summed E-state index contributed by atoms with van der Waals surface area (Å²) < 4.78 is 23.1. The van der Waals surface area contributed by atoms with Crippen molar-refractivity contribution < 1.29 is 8.42 Å². The Labute approximate surface area is 111 Å². The fourth-order valence-corrected chi connectivity index (χ4v) is 3.90. The number of sulfone groups is 1. The van der Waals surface area contributed by atoms with Crippen LogP contribution in [0.15, 0.2) is 24.3 Å². The van der Waals surface area contributed by atoms with Gasteiger partial charge in [-0.15, -0.1) is 10.2 Å². The second kappa shape index (κ2) is 4.73. The van der Waals surface area contributed by atoms with Gasteiger partial charge in [-0.3, -0.25) is 0 Å². The Kier molecular flexibility index (Phi) is 3.06. The molecule has 1 N–H and O–H groups in total. The van der Waals surface area contributed by atoms with Gasteiger partial charge in [-0.2, -0.15) is 0 Å². The highest BCUT2D eigenvalue weighted by Gasteiger charge is 2.25. The van der Waals surface area contributed by atoms with E-state index in [-0.39, 0.29) is 17.5 Å². The fraction of sp³-hybridized carbons (Fsp3) is 0.417. The molecule has 0 aliphatic carbocycles. The Balaban J connectivity index is 1.81. The van der Waals surface area contributed by atoms with Crippen LogP contribution < -0.4 is 5.32 Å². The molecule has 1 aromatic carbocycles. The van der Waals surface area contributed by atoms with E-state index < -0.39 is 9.84 Å². The zero-order chi connectivity index (χ0) is 13.3. The van der Waals surface area contributed by atoms with E-state index in [1.54, 1.807) is 0 Å². The molecule has 19 heavy (non-hydrogen) atoms. The summed E-state index contributed by atoms with van der Waals surface area (Å²) in [6.07, 6.45) is 1.50. The smallest absolute Gasteiger partial charge is 0.243 e. The highest BCUT2D eigenvalue weighted by Crippen LogP contribution is 2.16. The van der Waals surface area contributed by atoms with Crippen LogP contribution in [0.4, 0.5) is 5.95 Å². The normalized spacial score (nSPS) is 22.2. The fourth-order valence-electron chi connectivity index (χ4n) is 2.26. The van der Waals surface area contributed by atoms with Gasteiger partial charge in [0, 0.05) is 6.04 Å². The zero-order valence-corrected chi connectivity index (χ0v) is 11.1. The number of benzene rings is 1. The quantitative estimate of drug-likeness (QED) is 0.882. The standard InChI is InChI=1S/C12H14N4O2S/c17-19(18)7-3-4-9(8-19)13-12-14-10-5-1-2-6-11(10)15-16-12/h1-2,5-6,9H,3-4,7-8H2,(H,13,14,16). The second-order valence-electron chi connectivity index (χ2n) is 4.72. The number of nitrogens with zero attached hydrogens (tertiary/aromatic N) is 3. The van der Waals surface area contributed by atoms with E-state index in [1.807, 2.05) is 24.3 Å². The van der Waals surface area contributed by atoms with Gasteiger partial charge in [0.2, 0.25) is 5.95 Å². The predicted octanol–water partition coefficient (Wildman–Crippen LogP) is 1.01. The van der Waals surface area contributed by atoms with Gasteiger partial charge in [0.05, 0.1) is 17.0 Å². The van der Waals surface area contributed by atoms with Crippen molar-refractivity contribution in [2.24, 2.45) is 0 Å². The molecule has 7 heteroatoms. The highest BCUT2D eigenvalue weighted by molar-refractivity contribution is 7.91. The number of rotatable bonds is 2. The Morgan fingerprint density at radius 3 is 2.74 bits per heavy atom. The third kappa shape index (κ3) is 2.81. The van der Waals surface area contributed by atoms with E-state index in [4.69, 9.17) is 0 Å². The Bertz CT molecular complexity index is 702. The molecule has 0 radical (unpaired) electrons. The molecule has 0 amide bonds. The van der Waals surface area contributed by atoms with Crippen LogP contribution in [0.5, 0.6) is 0 Å². The van der Waals surface area contributed by atoms with Crippen LogP contribution in [0.1, 0.15) is 12.8 Å². The Hall–Kier alpha value is -1.76. The molecule has 1 aliphatic rings. The lowest BCUT2D eigenvalue weighted by Crippen LogP contribution is -2.35. The molecule has 0 saturated carbocycles. The van der Waals surface area contributed by atoms with Crippen molar-refractivity contribution >= 4 is 26.8 Å². The molecule has 2 heterocycles. The molecule has 100 valence electrons. The van der Waals surface area contributed by atoms with Crippen LogP contribution in [-0.2, 0) is 9.84 Å².